The number of sulfonamides is 1. The molecule has 0 unspecified atom stereocenters. The molecule has 9 heteroatoms. The van der Waals surface area contributed by atoms with Crippen molar-refractivity contribution in [3.8, 4) is 0 Å². The van der Waals surface area contributed by atoms with Crippen LogP contribution >= 0.6 is 11.3 Å². The number of esters is 2. The molecule has 0 aliphatic carbocycles. The van der Waals surface area contributed by atoms with Crippen molar-refractivity contribution in [1.82, 2.24) is 4.72 Å². The van der Waals surface area contributed by atoms with Gasteiger partial charge < -0.3 is 9.47 Å². The third kappa shape index (κ3) is 3.65. The van der Waals surface area contributed by atoms with Gasteiger partial charge in [0.15, 0.2) is 4.21 Å². The Bertz CT molecular complexity index is 677. The SMILES string of the molecule is CC[C@@H](C)NS(=O)(=O)c1sc(C(=O)OC)c(C)c1C(=O)OC. The molecule has 1 heterocycles. The average Bonchev–Trinajstić information content (AvgIpc) is 2.83. The van der Waals surface area contributed by atoms with Crippen LogP contribution in [0.25, 0.3) is 0 Å². The Morgan fingerprint density at radius 3 is 2.23 bits per heavy atom. The monoisotopic (exact) mass is 349 g/mol. The highest BCUT2D eigenvalue weighted by Gasteiger charge is 2.33. The van der Waals surface area contributed by atoms with Crippen LogP contribution in [0, 0.1) is 6.92 Å². The van der Waals surface area contributed by atoms with Crippen LogP contribution in [0.15, 0.2) is 4.21 Å². The fourth-order valence-corrected chi connectivity index (χ4v) is 4.79. The van der Waals surface area contributed by atoms with E-state index in [2.05, 4.69) is 14.2 Å². The lowest BCUT2D eigenvalue weighted by molar-refractivity contribution is 0.0596. The zero-order valence-corrected chi connectivity index (χ0v) is 14.7. The maximum Gasteiger partial charge on any atom is 0.348 e. The molecule has 0 spiro atoms. The first-order valence-corrected chi connectivity index (χ1v) is 8.81. The van der Waals surface area contributed by atoms with Crippen molar-refractivity contribution in [3.63, 3.8) is 0 Å². The van der Waals surface area contributed by atoms with Gasteiger partial charge in [-0.1, -0.05) is 6.92 Å². The molecular formula is C13H19NO6S2. The number of rotatable bonds is 6. The molecule has 1 aromatic rings. The molecule has 7 nitrogen and oxygen atoms in total. The summed E-state index contributed by atoms with van der Waals surface area (Å²) in [6.45, 7) is 5.02. The Balaban J connectivity index is 3.52. The van der Waals surface area contributed by atoms with E-state index >= 15 is 0 Å². The first-order chi connectivity index (χ1) is 10.2. The highest BCUT2D eigenvalue weighted by Crippen LogP contribution is 2.33. The van der Waals surface area contributed by atoms with Crippen molar-refractivity contribution in [1.29, 1.82) is 0 Å². The van der Waals surface area contributed by atoms with Crippen molar-refractivity contribution in [3.05, 3.63) is 16.0 Å². The van der Waals surface area contributed by atoms with Gasteiger partial charge in [-0.2, -0.15) is 0 Å². The number of methoxy groups -OCH3 is 2. The lowest BCUT2D eigenvalue weighted by Crippen LogP contribution is -2.32. The molecule has 0 aliphatic heterocycles. The van der Waals surface area contributed by atoms with Gasteiger partial charge in [0.1, 0.15) is 4.88 Å². The number of carbonyl (C=O) groups is 2. The Morgan fingerprint density at radius 2 is 1.77 bits per heavy atom. The third-order valence-electron chi connectivity index (χ3n) is 3.09. The van der Waals surface area contributed by atoms with E-state index in [-0.39, 0.29) is 26.3 Å². The second kappa shape index (κ2) is 7.21. The van der Waals surface area contributed by atoms with Crippen LogP contribution in [0.2, 0.25) is 0 Å². The van der Waals surface area contributed by atoms with Gasteiger partial charge in [0.25, 0.3) is 10.0 Å². The number of nitrogens with one attached hydrogen (secondary N) is 1. The Kier molecular flexibility index (Phi) is 6.09. The summed E-state index contributed by atoms with van der Waals surface area (Å²) < 4.78 is 36.4. The molecule has 0 saturated heterocycles. The van der Waals surface area contributed by atoms with Gasteiger partial charge in [0, 0.05) is 6.04 Å². The van der Waals surface area contributed by atoms with Gasteiger partial charge in [-0.3, -0.25) is 0 Å². The number of carbonyl (C=O) groups excluding carboxylic acids is 2. The van der Waals surface area contributed by atoms with Crippen LogP contribution in [0.4, 0.5) is 0 Å². The Labute approximate surface area is 133 Å². The highest BCUT2D eigenvalue weighted by atomic mass is 32.2. The first-order valence-electron chi connectivity index (χ1n) is 6.51. The second-order valence-electron chi connectivity index (χ2n) is 4.63. The summed E-state index contributed by atoms with van der Waals surface area (Å²) in [5.41, 5.74) is 0.0944. The van der Waals surface area contributed by atoms with E-state index in [1.807, 2.05) is 6.92 Å². The summed E-state index contributed by atoms with van der Waals surface area (Å²) in [4.78, 5) is 23.7. The Morgan fingerprint density at radius 1 is 1.23 bits per heavy atom. The van der Waals surface area contributed by atoms with Crippen molar-refractivity contribution >= 4 is 33.3 Å². The van der Waals surface area contributed by atoms with Gasteiger partial charge in [-0.25, -0.2) is 22.7 Å². The van der Waals surface area contributed by atoms with Crippen LogP contribution in [0.3, 0.4) is 0 Å². The van der Waals surface area contributed by atoms with Crippen LogP contribution < -0.4 is 4.72 Å². The van der Waals surface area contributed by atoms with Crippen molar-refractivity contribution in [2.24, 2.45) is 0 Å². The molecule has 1 atom stereocenters. The molecule has 1 N–H and O–H groups in total. The van der Waals surface area contributed by atoms with E-state index in [9.17, 15) is 18.0 Å². The van der Waals surface area contributed by atoms with Gasteiger partial charge in [-0.15, -0.1) is 11.3 Å². The van der Waals surface area contributed by atoms with Gasteiger partial charge >= 0.3 is 11.9 Å². The maximum atomic E-state index is 12.5. The molecule has 1 rings (SSSR count). The average molecular weight is 349 g/mol. The lowest BCUT2D eigenvalue weighted by Gasteiger charge is -2.11. The minimum Gasteiger partial charge on any atom is -0.465 e. The van der Waals surface area contributed by atoms with E-state index in [1.54, 1.807) is 6.92 Å². The van der Waals surface area contributed by atoms with Gasteiger partial charge in [-0.05, 0) is 25.8 Å². The summed E-state index contributed by atoms with van der Waals surface area (Å²) in [7, 11) is -1.61. The van der Waals surface area contributed by atoms with E-state index in [1.165, 1.54) is 14.0 Å². The van der Waals surface area contributed by atoms with E-state index in [4.69, 9.17) is 0 Å². The highest BCUT2D eigenvalue weighted by molar-refractivity contribution is 7.91. The summed E-state index contributed by atoms with van der Waals surface area (Å²) in [6.07, 6.45) is 0.584. The summed E-state index contributed by atoms with van der Waals surface area (Å²) in [5, 5.41) is 0. The second-order valence-corrected chi connectivity index (χ2v) is 7.56. The quantitative estimate of drug-likeness (QED) is 0.785. The predicted molar refractivity (Wildman–Crippen MR) is 81.8 cm³/mol. The molecule has 0 fully saturated rings. The number of hydrogen-bond acceptors (Lipinski definition) is 7. The topological polar surface area (TPSA) is 98.8 Å². The largest absolute Gasteiger partial charge is 0.465 e. The van der Waals surface area contributed by atoms with Crippen molar-refractivity contribution < 1.29 is 27.5 Å². The molecule has 0 aliphatic rings. The van der Waals surface area contributed by atoms with Crippen LogP contribution in [-0.2, 0) is 19.5 Å². The smallest absolute Gasteiger partial charge is 0.348 e. The molecule has 0 bridgehead atoms. The van der Waals surface area contributed by atoms with Crippen molar-refractivity contribution in [2.45, 2.75) is 37.4 Å². The van der Waals surface area contributed by atoms with Gasteiger partial charge in [0.05, 0.1) is 19.8 Å². The molecular weight excluding hydrogens is 330 g/mol. The third-order valence-corrected chi connectivity index (χ3v) is 6.47. The maximum absolute atomic E-state index is 12.5. The molecule has 0 amide bonds. The predicted octanol–water partition coefficient (Wildman–Crippen LogP) is 1.71. The minimum absolute atomic E-state index is 0.0624. The number of hydrogen-bond donors (Lipinski definition) is 1. The molecule has 0 radical (unpaired) electrons. The van der Waals surface area contributed by atoms with E-state index < -0.39 is 22.0 Å². The van der Waals surface area contributed by atoms with Gasteiger partial charge in [0.2, 0.25) is 0 Å². The number of thiophene rings is 1. The lowest BCUT2D eigenvalue weighted by atomic mass is 10.2. The molecule has 0 saturated carbocycles. The number of ether oxygens (including phenoxy) is 2. The molecule has 1 aromatic heterocycles. The van der Waals surface area contributed by atoms with E-state index in [0.29, 0.717) is 17.8 Å². The van der Waals surface area contributed by atoms with Crippen LogP contribution in [0.5, 0.6) is 0 Å². The zero-order chi connectivity index (χ0) is 17.1. The normalized spacial score (nSPS) is 12.8. The van der Waals surface area contributed by atoms with Crippen LogP contribution in [-0.4, -0.2) is 40.6 Å². The summed E-state index contributed by atoms with van der Waals surface area (Å²) in [5.74, 6) is -1.51. The zero-order valence-electron chi connectivity index (χ0n) is 13.1. The molecule has 22 heavy (non-hydrogen) atoms. The molecule has 0 aromatic carbocycles. The first kappa shape index (κ1) is 18.6. The fraction of sp³-hybridized carbons (Fsp3) is 0.538. The Hall–Kier alpha value is -1.45. The standard InChI is InChI=1S/C13H19NO6S2/c1-6-7(2)14-22(17,18)13-9(11(15)19-4)8(3)10(21-13)12(16)20-5/h7,14H,6H2,1-5H3/t7-/m1/s1. The summed E-state index contributed by atoms with van der Waals surface area (Å²) in [6, 6.07) is -0.306. The molecule has 124 valence electrons. The van der Waals surface area contributed by atoms with Crippen molar-refractivity contribution in [2.75, 3.05) is 14.2 Å². The van der Waals surface area contributed by atoms with E-state index in [0.717, 1.165) is 7.11 Å². The fourth-order valence-electron chi connectivity index (χ4n) is 1.70. The van der Waals surface area contributed by atoms with Crippen LogP contribution in [0.1, 0.15) is 45.9 Å². The minimum atomic E-state index is -3.94. The summed E-state index contributed by atoms with van der Waals surface area (Å²) >= 11 is 0.696.